The van der Waals surface area contributed by atoms with Gasteiger partial charge in [0.25, 0.3) is 0 Å². The third-order valence-electron chi connectivity index (χ3n) is 19.8. The lowest BCUT2D eigenvalue weighted by molar-refractivity contribution is 0.639. The first-order chi connectivity index (χ1) is 43.2. The van der Waals surface area contributed by atoms with Crippen LogP contribution in [0.1, 0.15) is 49.9 Å². The van der Waals surface area contributed by atoms with Gasteiger partial charge in [-0.15, -0.1) is 0 Å². The van der Waals surface area contributed by atoms with Gasteiger partial charge >= 0.3 is 0 Å². The average molecular weight is 1130 g/mol. The standard InChI is InChI=1S/C84H60N4/c1-83(2)71-49-59(85(53-25-9-5-10-26-53)57-42-45-77-68(47-57)63-35-21-23-39-75(63)87(77)55-29-13-7-14-30-55)41-44-62(71)67-50-70-73(51-72(67)83)84(3,4)74-52-79(81-65-37-19-17-33-60(65)61-34-18-20-38-66(61)82(81)80(70)74)86(54-27-11-6-12-28-54)58-43-46-78-69(48-58)64-36-22-24-40-76(64)88(78)56-31-15-8-16-32-56/h5-52H,1-4H3. The molecule has 4 heteroatoms. The summed E-state index contributed by atoms with van der Waals surface area (Å²) in [5.74, 6) is 0. The maximum absolute atomic E-state index is 2.61. The van der Waals surface area contributed by atoms with E-state index in [1.807, 2.05) is 0 Å². The van der Waals surface area contributed by atoms with E-state index in [-0.39, 0.29) is 10.8 Å². The summed E-state index contributed by atoms with van der Waals surface area (Å²) in [5.41, 5.74) is 23.8. The molecule has 16 aromatic rings. The zero-order valence-electron chi connectivity index (χ0n) is 49.5. The van der Waals surface area contributed by atoms with E-state index in [0.717, 1.165) is 39.8 Å². The van der Waals surface area contributed by atoms with Gasteiger partial charge in [0.2, 0.25) is 0 Å². The van der Waals surface area contributed by atoms with Crippen molar-refractivity contribution in [1.29, 1.82) is 0 Å². The van der Waals surface area contributed by atoms with Crippen LogP contribution in [-0.2, 0) is 10.8 Å². The second kappa shape index (κ2) is 18.8. The summed E-state index contributed by atoms with van der Waals surface area (Å²) in [5, 5.41) is 12.5. The molecular formula is C84H60N4. The smallest absolute Gasteiger partial charge is 0.0550 e. The van der Waals surface area contributed by atoms with E-state index in [1.54, 1.807) is 0 Å². The van der Waals surface area contributed by atoms with Crippen molar-refractivity contribution in [2.24, 2.45) is 0 Å². The minimum Gasteiger partial charge on any atom is -0.310 e. The first kappa shape index (κ1) is 50.4. The number of anilines is 6. The Morgan fingerprint density at radius 3 is 1.20 bits per heavy atom. The predicted octanol–water partition coefficient (Wildman–Crippen LogP) is 22.9. The number of aromatic nitrogens is 2. The van der Waals surface area contributed by atoms with E-state index in [9.17, 15) is 0 Å². The second-order valence-electron chi connectivity index (χ2n) is 25.2. The maximum atomic E-state index is 2.61. The topological polar surface area (TPSA) is 16.3 Å². The minimum atomic E-state index is -0.368. The number of hydrogen-bond acceptors (Lipinski definition) is 2. The third-order valence-corrected chi connectivity index (χ3v) is 19.8. The predicted molar refractivity (Wildman–Crippen MR) is 372 cm³/mol. The lowest BCUT2D eigenvalue weighted by atomic mass is 9.77. The van der Waals surface area contributed by atoms with Crippen LogP contribution >= 0.6 is 0 Å². The van der Waals surface area contributed by atoms with Gasteiger partial charge in [0.1, 0.15) is 0 Å². The van der Waals surface area contributed by atoms with Crippen LogP contribution in [-0.4, -0.2) is 9.13 Å². The molecule has 0 bridgehead atoms. The monoisotopic (exact) mass is 1120 g/mol. The number of fused-ring (bicyclic) bond motifs is 19. The van der Waals surface area contributed by atoms with Gasteiger partial charge in [0.05, 0.1) is 27.8 Å². The molecule has 416 valence electrons. The summed E-state index contributed by atoms with van der Waals surface area (Å²) in [7, 11) is 0. The first-order valence-corrected chi connectivity index (χ1v) is 30.8. The fourth-order valence-corrected chi connectivity index (χ4v) is 15.7. The van der Waals surface area contributed by atoms with E-state index in [2.05, 4.69) is 338 Å². The van der Waals surface area contributed by atoms with E-state index < -0.39 is 0 Å². The molecule has 0 saturated carbocycles. The van der Waals surface area contributed by atoms with Crippen LogP contribution < -0.4 is 9.80 Å². The van der Waals surface area contributed by atoms with E-state index in [4.69, 9.17) is 0 Å². The van der Waals surface area contributed by atoms with Crippen LogP contribution in [0.15, 0.2) is 291 Å². The van der Waals surface area contributed by atoms with Crippen LogP contribution in [0.4, 0.5) is 34.1 Å². The molecule has 2 heterocycles. The van der Waals surface area contributed by atoms with Crippen LogP contribution in [0.3, 0.4) is 0 Å². The Kier molecular flexibility index (Phi) is 10.8. The highest BCUT2D eigenvalue weighted by atomic mass is 15.2. The van der Waals surface area contributed by atoms with Gasteiger partial charge in [-0.1, -0.05) is 198 Å². The largest absolute Gasteiger partial charge is 0.310 e. The van der Waals surface area contributed by atoms with Crippen molar-refractivity contribution in [3.8, 4) is 33.6 Å². The Hall–Kier alpha value is -10.9. The molecule has 88 heavy (non-hydrogen) atoms. The van der Waals surface area contributed by atoms with E-state index in [1.165, 1.54) is 126 Å². The highest BCUT2D eigenvalue weighted by molar-refractivity contribution is 6.33. The molecule has 0 aliphatic heterocycles. The van der Waals surface area contributed by atoms with Crippen LogP contribution in [0, 0.1) is 0 Å². The average Bonchev–Trinajstić information content (AvgIpc) is 1.79. The summed E-state index contributed by atoms with van der Waals surface area (Å²) in [6.45, 7) is 9.83. The van der Waals surface area contributed by atoms with Crippen molar-refractivity contribution >= 4 is 110 Å². The van der Waals surface area contributed by atoms with Gasteiger partial charge in [-0.25, -0.2) is 0 Å². The first-order valence-electron chi connectivity index (χ1n) is 30.8. The van der Waals surface area contributed by atoms with Crippen molar-refractivity contribution in [3.05, 3.63) is 313 Å². The molecule has 0 unspecified atom stereocenters. The van der Waals surface area contributed by atoms with E-state index in [0.29, 0.717) is 0 Å². The van der Waals surface area contributed by atoms with Crippen molar-refractivity contribution in [1.82, 2.24) is 9.13 Å². The Morgan fingerprint density at radius 1 is 0.250 bits per heavy atom. The summed E-state index contributed by atoms with van der Waals surface area (Å²) < 4.78 is 4.81. The number of para-hydroxylation sites is 6. The molecule has 0 radical (unpaired) electrons. The molecule has 0 amide bonds. The SMILES string of the molecule is CC1(C)c2cc(N(c3ccccc3)c3ccc4c(c3)c3ccccc3n4-c3ccccc3)ccc2-c2cc3c(cc21)C(C)(C)c1cc(N(c2ccccc2)c2ccc4c(c2)c2ccccc2n4-c2ccccc2)c2c4ccccc4c4ccccc4c2c1-3. The molecule has 18 rings (SSSR count). The number of hydrogen-bond donors (Lipinski definition) is 0. The van der Waals surface area contributed by atoms with Crippen molar-refractivity contribution < 1.29 is 0 Å². The van der Waals surface area contributed by atoms with Crippen molar-refractivity contribution in [3.63, 3.8) is 0 Å². The minimum absolute atomic E-state index is 0.307. The highest BCUT2D eigenvalue weighted by Gasteiger charge is 2.44. The molecule has 14 aromatic carbocycles. The third kappa shape index (κ3) is 7.14. The van der Waals surface area contributed by atoms with Gasteiger partial charge in [-0.3, -0.25) is 0 Å². The van der Waals surface area contributed by atoms with Gasteiger partial charge in [-0.05, 0) is 187 Å². The normalized spacial score (nSPS) is 13.6. The molecule has 0 fully saturated rings. The molecule has 0 atom stereocenters. The fraction of sp³-hybridized carbons (Fsp3) is 0.0714. The molecule has 2 aliphatic carbocycles. The number of nitrogens with zero attached hydrogens (tertiary/aromatic N) is 4. The zero-order chi connectivity index (χ0) is 58.6. The van der Waals surface area contributed by atoms with Crippen molar-refractivity contribution in [2.75, 3.05) is 9.80 Å². The second-order valence-corrected chi connectivity index (χ2v) is 25.2. The van der Waals surface area contributed by atoms with Crippen molar-refractivity contribution in [2.45, 2.75) is 38.5 Å². The lowest BCUT2D eigenvalue weighted by Crippen LogP contribution is -2.20. The zero-order valence-corrected chi connectivity index (χ0v) is 49.5. The van der Waals surface area contributed by atoms with Crippen LogP contribution in [0.25, 0.3) is 110 Å². The van der Waals surface area contributed by atoms with Gasteiger partial charge < -0.3 is 18.9 Å². The van der Waals surface area contributed by atoms with Gasteiger partial charge in [0, 0.05) is 83.0 Å². The summed E-state index contributed by atoms with van der Waals surface area (Å²) >= 11 is 0. The van der Waals surface area contributed by atoms with Crippen LogP contribution in [0.5, 0.6) is 0 Å². The Balaban J connectivity index is 0.846. The van der Waals surface area contributed by atoms with Gasteiger partial charge in [0.15, 0.2) is 0 Å². The summed E-state index contributed by atoms with van der Waals surface area (Å²) in [6, 6.07) is 109. The maximum Gasteiger partial charge on any atom is 0.0550 e. The number of rotatable bonds is 8. The molecule has 0 spiro atoms. The highest BCUT2D eigenvalue weighted by Crippen LogP contribution is 2.61. The summed E-state index contributed by atoms with van der Waals surface area (Å²) in [6.07, 6.45) is 0. The number of benzene rings is 14. The van der Waals surface area contributed by atoms with E-state index >= 15 is 0 Å². The Bertz CT molecular complexity index is 5560. The molecule has 4 nitrogen and oxygen atoms in total. The Labute approximate surface area is 511 Å². The molecule has 2 aromatic heterocycles. The molecule has 2 aliphatic rings. The summed E-state index contributed by atoms with van der Waals surface area (Å²) in [4.78, 5) is 5.00. The molecule has 0 N–H and O–H groups in total. The Morgan fingerprint density at radius 2 is 0.648 bits per heavy atom. The quantitative estimate of drug-likeness (QED) is 0.141. The lowest BCUT2D eigenvalue weighted by Gasteiger charge is -2.31. The molecular weight excluding hydrogens is 1060 g/mol. The molecule has 0 saturated heterocycles. The fourth-order valence-electron chi connectivity index (χ4n) is 15.7. The van der Waals surface area contributed by atoms with Gasteiger partial charge in [-0.2, -0.15) is 0 Å². The van der Waals surface area contributed by atoms with Crippen LogP contribution in [0.2, 0.25) is 0 Å².